The molecular formula is C13H20ClN3O3. The number of anilines is 1. The van der Waals surface area contributed by atoms with Crippen LogP contribution in [-0.4, -0.2) is 38.1 Å². The molecular weight excluding hydrogens is 282 g/mol. The maximum atomic E-state index is 12.2. The Morgan fingerprint density at radius 1 is 1.30 bits per heavy atom. The van der Waals surface area contributed by atoms with Gasteiger partial charge in [-0.2, -0.15) is 0 Å². The number of amides is 2. The molecule has 1 aromatic rings. The first kappa shape index (κ1) is 18.4. The van der Waals surface area contributed by atoms with Crippen molar-refractivity contribution >= 4 is 29.9 Å². The monoisotopic (exact) mass is 301 g/mol. The summed E-state index contributed by atoms with van der Waals surface area (Å²) in [5.41, 5.74) is 11.5. The lowest BCUT2D eigenvalue weighted by molar-refractivity contribution is -0.121. The normalized spacial score (nSPS) is 11.3. The van der Waals surface area contributed by atoms with Gasteiger partial charge in [0.05, 0.1) is 6.61 Å². The van der Waals surface area contributed by atoms with E-state index in [9.17, 15) is 9.59 Å². The SMILES string of the molecule is COCC(N)C(=O)N(CCC(N)=O)c1ccccc1.Cl. The smallest absolute Gasteiger partial charge is 0.246 e. The highest BCUT2D eigenvalue weighted by Crippen LogP contribution is 2.14. The largest absolute Gasteiger partial charge is 0.383 e. The molecule has 0 fully saturated rings. The zero-order valence-corrected chi connectivity index (χ0v) is 12.1. The number of ether oxygens (including phenoxy) is 1. The molecule has 0 aromatic heterocycles. The van der Waals surface area contributed by atoms with Crippen molar-refractivity contribution < 1.29 is 14.3 Å². The molecule has 0 aliphatic carbocycles. The van der Waals surface area contributed by atoms with E-state index in [0.717, 1.165) is 0 Å². The lowest BCUT2D eigenvalue weighted by Crippen LogP contribution is -2.47. The van der Waals surface area contributed by atoms with Gasteiger partial charge < -0.3 is 21.1 Å². The van der Waals surface area contributed by atoms with Gasteiger partial charge in [0.15, 0.2) is 0 Å². The van der Waals surface area contributed by atoms with Crippen LogP contribution in [0.2, 0.25) is 0 Å². The van der Waals surface area contributed by atoms with Crippen molar-refractivity contribution in [1.29, 1.82) is 0 Å². The molecule has 0 aliphatic heterocycles. The van der Waals surface area contributed by atoms with Gasteiger partial charge in [-0.1, -0.05) is 18.2 Å². The Kier molecular flexibility index (Phi) is 8.54. The third kappa shape index (κ3) is 5.56. The molecule has 112 valence electrons. The Balaban J connectivity index is 0.00000361. The van der Waals surface area contributed by atoms with Crippen LogP contribution in [0.5, 0.6) is 0 Å². The van der Waals surface area contributed by atoms with Gasteiger partial charge in [0.2, 0.25) is 11.8 Å². The van der Waals surface area contributed by atoms with Crippen LogP contribution in [0.4, 0.5) is 5.69 Å². The van der Waals surface area contributed by atoms with Crippen LogP contribution in [-0.2, 0) is 14.3 Å². The molecule has 0 spiro atoms. The van der Waals surface area contributed by atoms with Gasteiger partial charge in [-0.15, -0.1) is 12.4 Å². The number of nitrogens with zero attached hydrogens (tertiary/aromatic N) is 1. The fourth-order valence-electron chi connectivity index (χ4n) is 1.65. The summed E-state index contributed by atoms with van der Waals surface area (Å²) in [6, 6.07) is 8.24. The van der Waals surface area contributed by atoms with E-state index < -0.39 is 11.9 Å². The van der Waals surface area contributed by atoms with Crippen molar-refractivity contribution in [3.8, 4) is 0 Å². The molecule has 4 N–H and O–H groups in total. The van der Waals surface area contributed by atoms with Crippen LogP contribution in [0.25, 0.3) is 0 Å². The van der Waals surface area contributed by atoms with Gasteiger partial charge in [0.1, 0.15) is 6.04 Å². The van der Waals surface area contributed by atoms with E-state index in [4.69, 9.17) is 16.2 Å². The fraction of sp³-hybridized carbons (Fsp3) is 0.385. The molecule has 1 atom stereocenters. The van der Waals surface area contributed by atoms with Crippen LogP contribution in [0.1, 0.15) is 6.42 Å². The topological polar surface area (TPSA) is 98.7 Å². The minimum Gasteiger partial charge on any atom is -0.383 e. The van der Waals surface area contributed by atoms with Crippen molar-refractivity contribution in [2.24, 2.45) is 11.5 Å². The number of carbonyl (C=O) groups is 2. The summed E-state index contributed by atoms with van der Waals surface area (Å²) in [5.74, 6) is -0.761. The summed E-state index contributed by atoms with van der Waals surface area (Å²) >= 11 is 0. The van der Waals surface area contributed by atoms with E-state index in [-0.39, 0.29) is 37.9 Å². The van der Waals surface area contributed by atoms with Crippen LogP contribution < -0.4 is 16.4 Å². The molecule has 0 aliphatic rings. The van der Waals surface area contributed by atoms with Crippen molar-refractivity contribution in [3.05, 3.63) is 30.3 Å². The lowest BCUT2D eigenvalue weighted by atomic mass is 10.2. The number of rotatable bonds is 7. The van der Waals surface area contributed by atoms with E-state index in [1.165, 1.54) is 12.0 Å². The van der Waals surface area contributed by atoms with Gasteiger partial charge in [-0.25, -0.2) is 0 Å². The zero-order chi connectivity index (χ0) is 14.3. The zero-order valence-electron chi connectivity index (χ0n) is 11.3. The Morgan fingerprint density at radius 2 is 1.90 bits per heavy atom. The number of hydrogen-bond donors (Lipinski definition) is 2. The molecule has 0 saturated heterocycles. The molecule has 6 nitrogen and oxygen atoms in total. The molecule has 0 saturated carbocycles. The molecule has 1 rings (SSSR count). The lowest BCUT2D eigenvalue weighted by Gasteiger charge is -2.25. The third-order valence-corrected chi connectivity index (χ3v) is 2.58. The molecule has 0 radical (unpaired) electrons. The Bertz CT molecular complexity index is 428. The van der Waals surface area contributed by atoms with Gasteiger partial charge in [-0.3, -0.25) is 9.59 Å². The number of carbonyl (C=O) groups excluding carboxylic acids is 2. The number of methoxy groups -OCH3 is 1. The summed E-state index contributed by atoms with van der Waals surface area (Å²) in [4.78, 5) is 24.5. The van der Waals surface area contributed by atoms with Crippen LogP contribution in [0.15, 0.2) is 30.3 Å². The van der Waals surface area contributed by atoms with Crippen LogP contribution in [0.3, 0.4) is 0 Å². The van der Waals surface area contributed by atoms with Crippen LogP contribution in [0, 0.1) is 0 Å². The first-order chi connectivity index (χ1) is 9.06. The van der Waals surface area contributed by atoms with Gasteiger partial charge in [0.25, 0.3) is 0 Å². The highest BCUT2D eigenvalue weighted by molar-refractivity contribution is 5.97. The minimum absolute atomic E-state index is 0. The van der Waals surface area contributed by atoms with Crippen molar-refractivity contribution in [2.75, 3.05) is 25.2 Å². The number of para-hydroxylation sites is 1. The molecule has 2 amide bonds. The highest BCUT2D eigenvalue weighted by atomic mass is 35.5. The Hall–Kier alpha value is -1.63. The number of hydrogen-bond acceptors (Lipinski definition) is 4. The number of halogens is 1. The van der Waals surface area contributed by atoms with Crippen molar-refractivity contribution in [2.45, 2.75) is 12.5 Å². The summed E-state index contributed by atoms with van der Waals surface area (Å²) in [6.45, 7) is 0.328. The summed E-state index contributed by atoms with van der Waals surface area (Å²) in [6.07, 6.45) is 0.0837. The Morgan fingerprint density at radius 3 is 2.40 bits per heavy atom. The van der Waals surface area contributed by atoms with E-state index >= 15 is 0 Å². The quantitative estimate of drug-likeness (QED) is 0.756. The van der Waals surface area contributed by atoms with E-state index in [2.05, 4.69) is 0 Å². The first-order valence-corrected chi connectivity index (χ1v) is 5.95. The second-order valence-electron chi connectivity index (χ2n) is 4.10. The van der Waals surface area contributed by atoms with Crippen molar-refractivity contribution in [1.82, 2.24) is 0 Å². The minimum atomic E-state index is -0.766. The summed E-state index contributed by atoms with van der Waals surface area (Å²) in [7, 11) is 1.48. The summed E-state index contributed by atoms with van der Waals surface area (Å²) < 4.78 is 4.87. The first-order valence-electron chi connectivity index (χ1n) is 5.95. The van der Waals surface area contributed by atoms with E-state index in [1.807, 2.05) is 18.2 Å². The standard InChI is InChI=1S/C13H19N3O3.ClH/c1-19-9-11(14)13(18)16(8-7-12(15)17)10-5-3-2-4-6-10;/h2-6,11H,7-9,14H2,1H3,(H2,15,17);1H. The van der Waals surface area contributed by atoms with E-state index in [1.54, 1.807) is 12.1 Å². The van der Waals surface area contributed by atoms with E-state index in [0.29, 0.717) is 5.69 Å². The van der Waals surface area contributed by atoms with Gasteiger partial charge >= 0.3 is 0 Å². The number of primary amides is 1. The molecule has 1 unspecified atom stereocenters. The van der Waals surface area contributed by atoms with Gasteiger partial charge in [-0.05, 0) is 12.1 Å². The molecule has 0 heterocycles. The highest BCUT2D eigenvalue weighted by Gasteiger charge is 2.22. The fourth-order valence-corrected chi connectivity index (χ4v) is 1.65. The number of nitrogens with two attached hydrogens (primary N) is 2. The average Bonchev–Trinajstić information content (AvgIpc) is 2.40. The predicted molar refractivity (Wildman–Crippen MR) is 79.7 cm³/mol. The van der Waals surface area contributed by atoms with Crippen LogP contribution >= 0.6 is 12.4 Å². The molecule has 20 heavy (non-hydrogen) atoms. The molecule has 1 aromatic carbocycles. The predicted octanol–water partition coefficient (Wildman–Crippen LogP) is 0.291. The third-order valence-electron chi connectivity index (χ3n) is 2.58. The second kappa shape index (κ2) is 9.30. The van der Waals surface area contributed by atoms with Crippen molar-refractivity contribution in [3.63, 3.8) is 0 Å². The average molecular weight is 302 g/mol. The summed E-state index contributed by atoms with van der Waals surface area (Å²) in [5, 5.41) is 0. The maximum Gasteiger partial charge on any atom is 0.246 e. The number of benzene rings is 1. The molecule has 0 bridgehead atoms. The van der Waals surface area contributed by atoms with Gasteiger partial charge in [0, 0.05) is 25.8 Å². The molecule has 7 heteroatoms. The Labute approximate surface area is 124 Å². The maximum absolute atomic E-state index is 12.2. The second-order valence-corrected chi connectivity index (χ2v) is 4.10.